The van der Waals surface area contributed by atoms with Gasteiger partial charge < -0.3 is 15.4 Å². The highest BCUT2D eigenvalue weighted by Crippen LogP contribution is 2.11. The van der Waals surface area contributed by atoms with Crippen LogP contribution in [0.5, 0.6) is 0 Å². The SMILES string of the molecule is COC(=O)c1cccc(NCC(=O)NCc2ccccc2C)c1. The van der Waals surface area contributed by atoms with E-state index in [0.717, 1.165) is 11.1 Å². The molecule has 0 aliphatic carbocycles. The Bertz CT molecular complexity index is 698. The van der Waals surface area contributed by atoms with Gasteiger partial charge in [-0.25, -0.2) is 4.79 Å². The van der Waals surface area contributed by atoms with Crippen molar-refractivity contribution in [3.8, 4) is 0 Å². The molecule has 120 valence electrons. The number of hydrogen-bond donors (Lipinski definition) is 2. The van der Waals surface area contributed by atoms with Gasteiger partial charge in [0.1, 0.15) is 0 Å². The third kappa shape index (κ3) is 4.85. The summed E-state index contributed by atoms with van der Waals surface area (Å²) in [7, 11) is 1.33. The summed E-state index contributed by atoms with van der Waals surface area (Å²) >= 11 is 0. The smallest absolute Gasteiger partial charge is 0.337 e. The third-order valence-electron chi connectivity index (χ3n) is 3.47. The number of hydrogen-bond acceptors (Lipinski definition) is 4. The number of nitrogens with one attached hydrogen (secondary N) is 2. The Morgan fingerprint density at radius 1 is 1.09 bits per heavy atom. The van der Waals surface area contributed by atoms with Crippen molar-refractivity contribution >= 4 is 17.6 Å². The fourth-order valence-corrected chi connectivity index (χ4v) is 2.12. The van der Waals surface area contributed by atoms with E-state index in [2.05, 4.69) is 15.4 Å². The van der Waals surface area contributed by atoms with Crippen molar-refractivity contribution in [1.82, 2.24) is 5.32 Å². The standard InChI is InChI=1S/C18H20N2O3/c1-13-6-3-4-7-15(13)11-20-17(21)12-19-16-9-5-8-14(10-16)18(22)23-2/h3-10,19H,11-12H2,1-2H3,(H,20,21). The van der Waals surface area contributed by atoms with Gasteiger partial charge in [0.2, 0.25) is 5.91 Å². The summed E-state index contributed by atoms with van der Waals surface area (Å²) in [6.45, 7) is 2.64. The van der Waals surface area contributed by atoms with E-state index in [-0.39, 0.29) is 12.5 Å². The molecule has 0 aromatic heterocycles. The Balaban J connectivity index is 1.85. The Labute approximate surface area is 135 Å². The molecule has 0 aliphatic heterocycles. The van der Waals surface area contributed by atoms with Gasteiger partial charge in [0.15, 0.2) is 0 Å². The molecule has 0 atom stereocenters. The van der Waals surface area contributed by atoms with Crippen molar-refractivity contribution in [2.75, 3.05) is 19.0 Å². The molecule has 0 heterocycles. The van der Waals surface area contributed by atoms with Gasteiger partial charge in [0.05, 0.1) is 19.2 Å². The molecule has 2 aromatic carbocycles. The summed E-state index contributed by atoms with van der Waals surface area (Å²) in [6.07, 6.45) is 0. The van der Waals surface area contributed by atoms with Gasteiger partial charge in [0.25, 0.3) is 0 Å². The second kappa shape index (κ2) is 7.98. The van der Waals surface area contributed by atoms with Crippen LogP contribution >= 0.6 is 0 Å². The predicted molar refractivity (Wildman–Crippen MR) is 89.3 cm³/mol. The molecule has 0 aliphatic rings. The van der Waals surface area contributed by atoms with Crippen molar-refractivity contribution in [2.45, 2.75) is 13.5 Å². The molecule has 0 saturated carbocycles. The second-order valence-electron chi connectivity index (χ2n) is 5.13. The fraction of sp³-hybridized carbons (Fsp3) is 0.222. The molecule has 2 N–H and O–H groups in total. The lowest BCUT2D eigenvalue weighted by Gasteiger charge is -2.10. The molecular weight excluding hydrogens is 292 g/mol. The first kappa shape index (κ1) is 16.5. The Morgan fingerprint density at radius 3 is 2.61 bits per heavy atom. The minimum Gasteiger partial charge on any atom is -0.465 e. The van der Waals surface area contributed by atoms with Gasteiger partial charge in [0, 0.05) is 12.2 Å². The van der Waals surface area contributed by atoms with E-state index in [1.165, 1.54) is 7.11 Å². The fourth-order valence-electron chi connectivity index (χ4n) is 2.12. The molecule has 5 heteroatoms. The van der Waals surface area contributed by atoms with Gasteiger partial charge >= 0.3 is 5.97 Å². The average Bonchev–Trinajstić information content (AvgIpc) is 2.58. The van der Waals surface area contributed by atoms with E-state index in [0.29, 0.717) is 17.8 Å². The summed E-state index contributed by atoms with van der Waals surface area (Å²) < 4.78 is 4.67. The number of esters is 1. The molecule has 0 radical (unpaired) electrons. The number of amides is 1. The number of benzene rings is 2. The van der Waals surface area contributed by atoms with Crippen molar-refractivity contribution in [3.05, 3.63) is 65.2 Å². The lowest BCUT2D eigenvalue weighted by Crippen LogP contribution is -2.29. The number of carbonyl (C=O) groups is 2. The molecule has 0 saturated heterocycles. The van der Waals surface area contributed by atoms with Gasteiger partial charge in [-0.2, -0.15) is 0 Å². The molecule has 2 aromatic rings. The molecule has 0 fully saturated rings. The lowest BCUT2D eigenvalue weighted by atomic mass is 10.1. The highest BCUT2D eigenvalue weighted by atomic mass is 16.5. The highest BCUT2D eigenvalue weighted by Gasteiger charge is 2.07. The highest BCUT2D eigenvalue weighted by molar-refractivity contribution is 5.90. The molecule has 0 bridgehead atoms. The largest absolute Gasteiger partial charge is 0.465 e. The minimum atomic E-state index is -0.405. The Hall–Kier alpha value is -2.82. The van der Waals surface area contributed by atoms with Gasteiger partial charge in [-0.05, 0) is 36.2 Å². The van der Waals surface area contributed by atoms with E-state index in [4.69, 9.17) is 0 Å². The number of aryl methyl sites for hydroxylation is 1. The maximum absolute atomic E-state index is 11.9. The van der Waals surface area contributed by atoms with E-state index >= 15 is 0 Å². The molecule has 5 nitrogen and oxygen atoms in total. The van der Waals surface area contributed by atoms with Crippen LogP contribution in [-0.2, 0) is 16.1 Å². The number of ether oxygens (including phenoxy) is 1. The molecule has 0 spiro atoms. The molecule has 1 amide bonds. The molecule has 23 heavy (non-hydrogen) atoms. The van der Waals surface area contributed by atoms with Crippen LogP contribution in [0.1, 0.15) is 21.5 Å². The molecule has 2 rings (SSSR count). The predicted octanol–water partition coefficient (Wildman–Crippen LogP) is 2.51. The topological polar surface area (TPSA) is 67.4 Å². The van der Waals surface area contributed by atoms with Gasteiger partial charge in [-0.1, -0.05) is 30.3 Å². The second-order valence-corrected chi connectivity index (χ2v) is 5.13. The van der Waals surface area contributed by atoms with Crippen LogP contribution in [0, 0.1) is 6.92 Å². The number of carbonyl (C=O) groups excluding carboxylic acids is 2. The van der Waals surface area contributed by atoms with Gasteiger partial charge in [-0.3, -0.25) is 4.79 Å². The zero-order valence-electron chi connectivity index (χ0n) is 13.3. The van der Waals surface area contributed by atoms with Crippen molar-refractivity contribution < 1.29 is 14.3 Å². The van der Waals surface area contributed by atoms with Crippen LogP contribution < -0.4 is 10.6 Å². The van der Waals surface area contributed by atoms with Crippen molar-refractivity contribution in [1.29, 1.82) is 0 Å². The average molecular weight is 312 g/mol. The third-order valence-corrected chi connectivity index (χ3v) is 3.47. The first-order valence-corrected chi connectivity index (χ1v) is 7.33. The number of anilines is 1. The first-order valence-electron chi connectivity index (χ1n) is 7.33. The number of methoxy groups -OCH3 is 1. The summed E-state index contributed by atoms with van der Waals surface area (Å²) in [6, 6.07) is 14.8. The van der Waals surface area contributed by atoms with E-state index < -0.39 is 5.97 Å². The summed E-state index contributed by atoms with van der Waals surface area (Å²) in [5.74, 6) is -0.519. The first-order chi connectivity index (χ1) is 11.1. The maximum atomic E-state index is 11.9. The quantitative estimate of drug-likeness (QED) is 0.804. The Morgan fingerprint density at radius 2 is 1.87 bits per heavy atom. The van der Waals surface area contributed by atoms with E-state index in [1.807, 2.05) is 31.2 Å². The van der Waals surface area contributed by atoms with E-state index in [1.54, 1.807) is 24.3 Å². The van der Waals surface area contributed by atoms with Crippen LogP contribution in [-0.4, -0.2) is 25.5 Å². The molecule has 0 unspecified atom stereocenters. The minimum absolute atomic E-state index is 0.114. The van der Waals surface area contributed by atoms with Crippen molar-refractivity contribution in [3.63, 3.8) is 0 Å². The Kier molecular flexibility index (Phi) is 5.74. The van der Waals surface area contributed by atoms with Crippen LogP contribution in [0.25, 0.3) is 0 Å². The zero-order chi connectivity index (χ0) is 16.7. The van der Waals surface area contributed by atoms with Gasteiger partial charge in [-0.15, -0.1) is 0 Å². The van der Waals surface area contributed by atoms with Crippen LogP contribution in [0.4, 0.5) is 5.69 Å². The lowest BCUT2D eigenvalue weighted by molar-refractivity contribution is -0.119. The van der Waals surface area contributed by atoms with Crippen LogP contribution in [0.3, 0.4) is 0 Å². The summed E-state index contributed by atoms with van der Waals surface area (Å²) in [5, 5.41) is 5.86. The maximum Gasteiger partial charge on any atom is 0.337 e. The van der Waals surface area contributed by atoms with Crippen molar-refractivity contribution in [2.24, 2.45) is 0 Å². The summed E-state index contributed by atoms with van der Waals surface area (Å²) in [5.41, 5.74) is 3.37. The van der Waals surface area contributed by atoms with E-state index in [9.17, 15) is 9.59 Å². The van der Waals surface area contributed by atoms with Crippen LogP contribution in [0.15, 0.2) is 48.5 Å². The summed E-state index contributed by atoms with van der Waals surface area (Å²) in [4.78, 5) is 23.4. The molecular formula is C18H20N2O3. The number of rotatable bonds is 6. The van der Waals surface area contributed by atoms with Crippen LogP contribution in [0.2, 0.25) is 0 Å². The normalized spacial score (nSPS) is 10.0. The zero-order valence-corrected chi connectivity index (χ0v) is 13.3. The monoisotopic (exact) mass is 312 g/mol.